The van der Waals surface area contributed by atoms with Crippen LogP contribution in [0.1, 0.15) is 36.3 Å². The fraction of sp³-hybridized carbons (Fsp3) is 0.368. The van der Waals surface area contributed by atoms with Gasteiger partial charge in [0.15, 0.2) is 0 Å². The van der Waals surface area contributed by atoms with Crippen LogP contribution in [0.4, 0.5) is 0 Å². The van der Waals surface area contributed by atoms with Crippen LogP contribution in [0.15, 0.2) is 45.1 Å². The number of hydrogen-bond donors (Lipinski definition) is 2. The molecule has 2 aromatic heterocycles. The predicted molar refractivity (Wildman–Crippen MR) is 96.2 cm³/mol. The van der Waals surface area contributed by atoms with E-state index in [1.807, 2.05) is 6.92 Å². The first kappa shape index (κ1) is 18.8. The number of aliphatic hydroxyl groups excluding tert-OH is 1. The van der Waals surface area contributed by atoms with Gasteiger partial charge in [0.2, 0.25) is 5.88 Å². The molecular formula is C19H22N2O6. The smallest absolute Gasteiger partial charge is 0.340 e. The highest BCUT2D eigenvalue weighted by atomic mass is 16.5. The molecule has 1 aliphatic heterocycles. The number of carbonyl (C=O) groups is 1. The number of nitrogens with two attached hydrogens (primary N) is 1. The lowest BCUT2D eigenvalue weighted by Crippen LogP contribution is -2.35. The molecule has 3 N–H and O–H groups in total. The molecule has 0 spiro atoms. The van der Waals surface area contributed by atoms with Gasteiger partial charge in [0, 0.05) is 18.3 Å². The molecule has 0 radical (unpaired) electrons. The number of esters is 1. The topological polar surface area (TPSA) is 117 Å². The normalized spacial score (nSPS) is 16.0. The molecule has 0 saturated carbocycles. The lowest BCUT2D eigenvalue weighted by molar-refractivity contribution is -0.136. The highest BCUT2D eigenvalue weighted by molar-refractivity contribution is 5.92. The van der Waals surface area contributed by atoms with Gasteiger partial charge in [0.1, 0.15) is 17.1 Å². The SMILES string of the molecule is CCCc1cc2c(c(=O)n1CCO)C(c1ccco1)C(C(=O)OC)=C(N)O2. The molecule has 8 nitrogen and oxygen atoms in total. The summed E-state index contributed by atoms with van der Waals surface area (Å²) in [7, 11) is 1.23. The summed E-state index contributed by atoms with van der Waals surface area (Å²) in [6.45, 7) is 1.94. The molecule has 1 unspecified atom stereocenters. The van der Waals surface area contributed by atoms with Crippen molar-refractivity contribution in [3.8, 4) is 5.75 Å². The highest BCUT2D eigenvalue weighted by Crippen LogP contribution is 2.41. The average molecular weight is 374 g/mol. The predicted octanol–water partition coefficient (Wildman–Crippen LogP) is 1.25. The molecule has 0 saturated heterocycles. The van der Waals surface area contributed by atoms with Gasteiger partial charge in [-0.1, -0.05) is 13.3 Å². The fourth-order valence-electron chi connectivity index (χ4n) is 3.38. The van der Waals surface area contributed by atoms with Crippen molar-refractivity contribution in [3.05, 3.63) is 63.3 Å². The summed E-state index contributed by atoms with van der Waals surface area (Å²) in [5.41, 5.74) is 6.61. The molecule has 0 aliphatic carbocycles. The van der Waals surface area contributed by atoms with Crippen molar-refractivity contribution in [1.82, 2.24) is 4.57 Å². The molecule has 0 bridgehead atoms. The van der Waals surface area contributed by atoms with Crippen molar-refractivity contribution in [3.63, 3.8) is 0 Å². The lowest BCUT2D eigenvalue weighted by Gasteiger charge is -2.27. The Hall–Kier alpha value is -3.00. The zero-order valence-corrected chi connectivity index (χ0v) is 15.2. The summed E-state index contributed by atoms with van der Waals surface area (Å²) in [5, 5.41) is 9.40. The molecule has 27 heavy (non-hydrogen) atoms. The summed E-state index contributed by atoms with van der Waals surface area (Å²) in [5.74, 6) is -1.03. The minimum Gasteiger partial charge on any atom is -0.468 e. The van der Waals surface area contributed by atoms with Crippen molar-refractivity contribution in [2.45, 2.75) is 32.2 Å². The summed E-state index contributed by atoms with van der Waals surface area (Å²) in [6, 6.07) is 5.05. The Morgan fingerprint density at radius 2 is 2.22 bits per heavy atom. The number of nitrogens with zero attached hydrogens (tertiary/aromatic N) is 1. The molecule has 3 heterocycles. The van der Waals surface area contributed by atoms with Crippen molar-refractivity contribution in [2.24, 2.45) is 5.73 Å². The lowest BCUT2D eigenvalue weighted by atomic mass is 9.87. The second-order valence-electron chi connectivity index (χ2n) is 6.16. The number of furan rings is 1. The molecule has 1 atom stereocenters. The number of rotatable bonds is 6. The van der Waals surface area contributed by atoms with Gasteiger partial charge in [-0.25, -0.2) is 4.79 Å². The van der Waals surface area contributed by atoms with Gasteiger partial charge < -0.3 is 29.3 Å². The Kier molecular flexibility index (Phi) is 5.36. The van der Waals surface area contributed by atoms with Gasteiger partial charge in [0.05, 0.1) is 31.5 Å². The van der Waals surface area contributed by atoms with E-state index in [1.54, 1.807) is 18.2 Å². The van der Waals surface area contributed by atoms with Crippen molar-refractivity contribution < 1.29 is 23.8 Å². The van der Waals surface area contributed by atoms with Gasteiger partial charge in [-0.2, -0.15) is 0 Å². The van der Waals surface area contributed by atoms with Crippen LogP contribution < -0.4 is 16.0 Å². The van der Waals surface area contributed by atoms with E-state index >= 15 is 0 Å². The van der Waals surface area contributed by atoms with Gasteiger partial charge in [-0.3, -0.25) is 4.79 Å². The largest absolute Gasteiger partial charge is 0.468 e. The first-order chi connectivity index (χ1) is 13.0. The number of fused-ring (bicyclic) bond motifs is 1. The third-order valence-corrected chi connectivity index (χ3v) is 4.51. The molecule has 144 valence electrons. The van der Waals surface area contributed by atoms with Gasteiger partial charge in [0.25, 0.3) is 5.56 Å². The molecule has 8 heteroatoms. The van der Waals surface area contributed by atoms with Crippen molar-refractivity contribution >= 4 is 5.97 Å². The molecule has 2 aromatic rings. The third-order valence-electron chi connectivity index (χ3n) is 4.51. The van der Waals surface area contributed by atoms with E-state index in [-0.39, 0.29) is 41.5 Å². The molecule has 1 aliphatic rings. The summed E-state index contributed by atoms with van der Waals surface area (Å²) in [4.78, 5) is 25.6. The van der Waals surface area contributed by atoms with Crippen LogP contribution in [0.5, 0.6) is 5.75 Å². The Labute approximate surface area is 155 Å². The van der Waals surface area contributed by atoms with E-state index in [4.69, 9.17) is 19.6 Å². The van der Waals surface area contributed by atoms with Crippen molar-refractivity contribution in [2.75, 3.05) is 13.7 Å². The van der Waals surface area contributed by atoms with Crippen LogP contribution in [0.2, 0.25) is 0 Å². The van der Waals surface area contributed by atoms with E-state index in [0.29, 0.717) is 12.2 Å². The number of carbonyl (C=O) groups excluding carboxylic acids is 1. The monoisotopic (exact) mass is 374 g/mol. The second-order valence-corrected chi connectivity index (χ2v) is 6.16. The average Bonchev–Trinajstić information content (AvgIpc) is 3.18. The summed E-state index contributed by atoms with van der Waals surface area (Å²) < 4.78 is 17.5. The zero-order valence-electron chi connectivity index (χ0n) is 15.2. The van der Waals surface area contributed by atoms with Gasteiger partial charge >= 0.3 is 5.97 Å². The molecular weight excluding hydrogens is 352 g/mol. The highest BCUT2D eigenvalue weighted by Gasteiger charge is 2.39. The zero-order chi connectivity index (χ0) is 19.6. The van der Waals surface area contributed by atoms with E-state index in [0.717, 1.165) is 12.1 Å². The maximum absolute atomic E-state index is 13.3. The maximum atomic E-state index is 13.3. The number of aliphatic hydroxyl groups is 1. The van der Waals surface area contributed by atoms with Gasteiger partial charge in [-0.05, 0) is 18.6 Å². The molecule has 0 aromatic carbocycles. The Morgan fingerprint density at radius 3 is 2.81 bits per heavy atom. The minimum absolute atomic E-state index is 0.0100. The quantitative estimate of drug-likeness (QED) is 0.731. The second kappa shape index (κ2) is 7.71. The number of hydrogen-bond acceptors (Lipinski definition) is 7. The molecule has 0 fully saturated rings. The number of methoxy groups -OCH3 is 1. The number of ether oxygens (including phenoxy) is 2. The van der Waals surface area contributed by atoms with Crippen molar-refractivity contribution in [1.29, 1.82) is 0 Å². The van der Waals surface area contributed by atoms with Crippen LogP contribution in [0.25, 0.3) is 0 Å². The standard InChI is InChI=1S/C19H22N2O6/c1-3-5-11-10-13-15(18(23)21(11)7-8-22)14(12-6-4-9-26-12)16(17(20)27-13)19(24)25-2/h4,6,9-10,14,22H,3,5,7-8,20H2,1-2H3. The Morgan fingerprint density at radius 1 is 1.44 bits per heavy atom. The van der Waals surface area contributed by atoms with Gasteiger partial charge in [-0.15, -0.1) is 0 Å². The number of aryl methyl sites for hydroxylation is 1. The fourth-order valence-corrected chi connectivity index (χ4v) is 3.38. The minimum atomic E-state index is -0.857. The van der Waals surface area contributed by atoms with E-state index in [9.17, 15) is 14.7 Å². The Balaban J connectivity index is 2.30. The third kappa shape index (κ3) is 3.23. The summed E-state index contributed by atoms with van der Waals surface area (Å²) >= 11 is 0. The maximum Gasteiger partial charge on any atom is 0.340 e. The first-order valence-corrected chi connectivity index (χ1v) is 8.70. The number of aromatic nitrogens is 1. The first-order valence-electron chi connectivity index (χ1n) is 8.70. The van der Waals surface area contributed by atoms with Crippen LogP contribution in [0.3, 0.4) is 0 Å². The van der Waals surface area contributed by atoms with Crippen LogP contribution in [0, 0.1) is 0 Å². The van der Waals surface area contributed by atoms with E-state index < -0.39 is 11.9 Å². The number of pyridine rings is 1. The van der Waals surface area contributed by atoms with Crippen LogP contribution >= 0.6 is 0 Å². The Bertz CT molecular complexity index is 926. The summed E-state index contributed by atoms with van der Waals surface area (Å²) in [6.07, 6.45) is 2.89. The molecule has 3 rings (SSSR count). The molecule has 0 amide bonds. The van der Waals surface area contributed by atoms with E-state index in [1.165, 1.54) is 17.9 Å². The van der Waals surface area contributed by atoms with Crippen LogP contribution in [-0.4, -0.2) is 29.4 Å². The van der Waals surface area contributed by atoms with Crippen LogP contribution in [-0.2, 0) is 22.5 Å². The van der Waals surface area contributed by atoms with E-state index in [2.05, 4.69) is 0 Å².